The van der Waals surface area contributed by atoms with Crippen LogP contribution in [0.3, 0.4) is 0 Å². The Morgan fingerprint density at radius 3 is 2.50 bits per heavy atom. The Bertz CT molecular complexity index is 566. The average Bonchev–Trinajstić information content (AvgIpc) is 2.45. The predicted molar refractivity (Wildman–Crippen MR) is 83.1 cm³/mol. The monoisotopic (exact) mass is 271 g/mol. The minimum atomic E-state index is 0.748. The van der Waals surface area contributed by atoms with Crippen LogP contribution < -0.4 is 15.4 Å². The third kappa shape index (κ3) is 3.41. The molecule has 0 atom stereocenters. The van der Waals surface area contributed by atoms with E-state index in [1.165, 1.54) is 0 Å². The molecule has 0 fully saturated rings. The molecule has 106 valence electrons. The first-order chi connectivity index (χ1) is 9.62. The standard InChI is InChI=1S/C16H21N3O/c1-4-19(15-7-5-13(17)6-8-15)11-14-10-16(20-3)9-12(2)18-14/h5-10H,4,11,17H2,1-3H3. The molecule has 0 aliphatic carbocycles. The van der Waals surface area contributed by atoms with Gasteiger partial charge in [-0.1, -0.05) is 0 Å². The van der Waals surface area contributed by atoms with E-state index in [-0.39, 0.29) is 0 Å². The van der Waals surface area contributed by atoms with Crippen LogP contribution in [-0.2, 0) is 6.54 Å². The van der Waals surface area contributed by atoms with Crippen molar-refractivity contribution >= 4 is 11.4 Å². The number of aromatic nitrogens is 1. The third-order valence-electron chi connectivity index (χ3n) is 3.21. The second kappa shape index (κ2) is 6.28. The Balaban J connectivity index is 2.21. The Morgan fingerprint density at radius 1 is 1.20 bits per heavy atom. The largest absolute Gasteiger partial charge is 0.497 e. The number of nitrogens with zero attached hydrogens (tertiary/aromatic N) is 2. The number of hydrogen-bond donors (Lipinski definition) is 1. The van der Waals surface area contributed by atoms with Crippen molar-refractivity contribution < 1.29 is 4.74 Å². The number of rotatable bonds is 5. The van der Waals surface area contributed by atoms with Crippen LogP contribution in [0.2, 0.25) is 0 Å². The maximum atomic E-state index is 5.73. The number of anilines is 2. The fourth-order valence-corrected chi connectivity index (χ4v) is 2.17. The van der Waals surface area contributed by atoms with Crippen molar-refractivity contribution in [2.45, 2.75) is 20.4 Å². The molecule has 0 spiro atoms. The first-order valence-electron chi connectivity index (χ1n) is 6.74. The van der Waals surface area contributed by atoms with E-state index >= 15 is 0 Å². The van der Waals surface area contributed by atoms with Gasteiger partial charge in [-0.05, 0) is 38.1 Å². The molecule has 0 amide bonds. The lowest BCUT2D eigenvalue weighted by Gasteiger charge is -2.23. The number of nitrogen functional groups attached to an aromatic ring is 1. The molecule has 0 unspecified atom stereocenters. The highest BCUT2D eigenvalue weighted by Gasteiger charge is 2.08. The molecule has 2 aromatic rings. The number of hydrogen-bond acceptors (Lipinski definition) is 4. The number of nitrogens with two attached hydrogens (primary N) is 1. The molecule has 2 rings (SSSR count). The molecule has 1 aromatic heterocycles. The molecule has 0 radical (unpaired) electrons. The van der Waals surface area contributed by atoms with Gasteiger partial charge >= 0.3 is 0 Å². The summed E-state index contributed by atoms with van der Waals surface area (Å²) in [4.78, 5) is 6.82. The first-order valence-corrected chi connectivity index (χ1v) is 6.74. The Kier molecular flexibility index (Phi) is 4.45. The van der Waals surface area contributed by atoms with Gasteiger partial charge in [0.2, 0.25) is 0 Å². The van der Waals surface area contributed by atoms with Gasteiger partial charge in [0.1, 0.15) is 5.75 Å². The zero-order chi connectivity index (χ0) is 14.5. The molecule has 2 N–H and O–H groups in total. The normalized spacial score (nSPS) is 10.3. The van der Waals surface area contributed by atoms with Crippen molar-refractivity contribution in [2.24, 2.45) is 0 Å². The molecule has 4 nitrogen and oxygen atoms in total. The summed E-state index contributed by atoms with van der Waals surface area (Å²) < 4.78 is 5.30. The lowest BCUT2D eigenvalue weighted by atomic mass is 10.2. The minimum Gasteiger partial charge on any atom is -0.497 e. The van der Waals surface area contributed by atoms with Crippen LogP contribution in [0.15, 0.2) is 36.4 Å². The van der Waals surface area contributed by atoms with Crippen LogP contribution in [0.1, 0.15) is 18.3 Å². The number of aryl methyl sites for hydroxylation is 1. The number of methoxy groups -OCH3 is 1. The molecule has 20 heavy (non-hydrogen) atoms. The van der Waals surface area contributed by atoms with Crippen molar-refractivity contribution in [1.29, 1.82) is 0 Å². The summed E-state index contributed by atoms with van der Waals surface area (Å²) in [7, 11) is 1.68. The summed E-state index contributed by atoms with van der Waals surface area (Å²) in [6, 6.07) is 11.8. The summed E-state index contributed by atoms with van der Waals surface area (Å²) in [5.41, 5.74) is 9.62. The highest BCUT2D eigenvalue weighted by molar-refractivity contribution is 5.53. The van der Waals surface area contributed by atoms with E-state index < -0.39 is 0 Å². The van der Waals surface area contributed by atoms with Crippen molar-refractivity contribution in [2.75, 3.05) is 24.3 Å². The maximum Gasteiger partial charge on any atom is 0.122 e. The van der Waals surface area contributed by atoms with Gasteiger partial charge in [-0.25, -0.2) is 0 Å². The van der Waals surface area contributed by atoms with Gasteiger partial charge in [0, 0.05) is 35.7 Å². The van der Waals surface area contributed by atoms with Crippen molar-refractivity contribution in [3.8, 4) is 5.75 Å². The predicted octanol–water partition coefficient (Wildman–Crippen LogP) is 3.01. The maximum absolute atomic E-state index is 5.73. The van der Waals surface area contributed by atoms with E-state index in [4.69, 9.17) is 10.5 Å². The average molecular weight is 271 g/mol. The minimum absolute atomic E-state index is 0.748. The molecule has 0 aliphatic rings. The van der Waals surface area contributed by atoms with Gasteiger partial charge in [-0.3, -0.25) is 4.98 Å². The summed E-state index contributed by atoms with van der Waals surface area (Å²) in [5.74, 6) is 0.848. The van der Waals surface area contributed by atoms with Gasteiger partial charge in [0.05, 0.1) is 19.3 Å². The first kappa shape index (κ1) is 14.2. The summed E-state index contributed by atoms with van der Waals surface area (Å²) in [5, 5.41) is 0. The number of benzene rings is 1. The van der Waals surface area contributed by atoms with Gasteiger partial charge < -0.3 is 15.4 Å². The molecule has 0 saturated heterocycles. The zero-order valence-corrected chi connectivity index (χ0v) is 12.3. The van der Waals surface area contributed by atoms with E-state index in [0.29, 0.717) is 0 Å². The van der Waals surface area contributed by atoms with Gasteiger partial charge in [-0.15, -0.1) is 0 Å². The van der Waals surface area contributed by atoms with Gasteiger partial charge in [0.25, 0.3) is 0 Å². The topological polar surface area (TPSA) is 51.4 Å². The Labute approximate surface area is 120 Å². The molecule has 0 aliphatic heterocycles. The van der Waals surface area contributed by atoms with Crippen LogP contribution in [0.4, 0.5) is 11.4 Å². The highest BCUT2D eigenvalue weighted by Crippen LogP contribution is 2.20. The Morgan fingerprint density at radius 2 is 1.90 bits per heavy atom. The quantitative estimate of drug-likeness (QED) is 0.849. The number of pyridine rings is 1. The second-order valence-electron chi connectivity index (χ2n) is 4.75. The van der Waals surface area contributed by atoms with E-state index in [2.05, 4.69) is 16.8 Å². The third-order valence-corrected chi connectivity index (χ3v) is 3.21. The van der Waals surface area contributed by atoms with Crippen LogP contribution >= 0.6 is 0 Å². The van der Waals surface area contributed by atoms with E-state index in [1.54, 1.807) is 7.11 Å². The molecular weight excluding hydrogens is 250 g/mol. The van der Waals surface area contributed by atoms with Crippen molar-refractivity contribution in [3.63, 3.8) is 0 Å². The molecule has 1 heterocycles. The molecule has 0 bridgehead atoms. The summed E-state index contributed by atoms with van der Waals surface area (Å²) >= 11 is 0. The van der Waals surface area contributed by atoms with E-state index in [0.717, 1.165) is 41.6 Å². The van der Waals surface area contributed by atoms with Gasteiger partial charge in [0.15, 0.2) is 0 Å². The summed E-state index contributed by atoms with van der Waals surface area (Å²) in [6.45, 7) is 5.76. The fraction of sp³-hybridized carbons (Fsp3) is 0.312. The van der Waals surface area contributed by atoms with Crippen molar-refractivity contribution in [3.05, 3.63) is 47.8 Å². The van der Waals surface area contributed by atoms with Crippen LogP contribution in [-0.4, -0.2) is 18.6 Å². The van der Waals surface area contributed by atoms with Crippen LogP contribution in [0.25, 0.3) is 0 Å². The molecule has 4 heteroatoms. The molecular formula is C16H21N3O. The van der Waals surface area contributed by atoms with E-state index in [1.807, 2.05) is 43.3 Å². The smallest absolute Gasteiger partial charge is 0.122 e. The lowest BCUT2D eigenvalue weighted by molar-refractivity contribution is 0.413. The second-order valence-corrected chi connectivity index (χ2v) is 4.75. The lowest BCUT2D eigenvalue weighted by Crippen LogP contribution is -2.22. The summed E-state index contributed by atoms with van der Waals surface area (Å²) in [6.07, 6.45) is 0. The van der Waals surface area contributed by atoms with E-state index in [9.17, 15) is 0 Å². The highest BCUT2D eigenvalue weighted by atomic mass is 16.5. The van der Waals surface area contributed by atoms with Crippen LogP contribution in [0.5, 0.6) is 5.75 Å². The van der Waals surface area contributed by atoms with Crippen LogP contribution in [0, 0.1) is 6.92 Å². The number of ether oxygens (including phenoxy) is 1. The van der Waals surface area contributed by atoms with Gasteiger partial charge in [-0.2, -0.15) is 0 Å². The van der Waals surface area contributed by atoms with Crippen molar-refractivity contribution in [1.82, 2.24) is 4.98 Å². The molecule has 1 aromatic carbocycles. The Hall–Kier alpha value is -2.23. The molecule has 0 saturated carbocycles. The SMILES string of the molecule is CCN(Cc1cc(OC)cc(C)n1)c1ccc(N)cc1. The fourth-order valence-electron chi connectivity index (χ4n) is 2.17. The zero-order valence-electron chi connectivity index (χ0n) is 12.3.